The van der Waals surface area contributed by atoms with Gasteiger partial charge in [-0.25, -0.2) is 4.79 Å². The number of nitrogens with two attached hydrogens (primary N) is 2. The Hall–Kier alpha value is -4.87. The highest BCUT2D eigenvalue weighted by Gasteiger charge is 2.34. The van der Waals surface area contributed by atoms with Gasteiger partial charge in [0.05, 0.1) is 23.1 Å². The van der Waals surface area contributed by atoms with Crippen molar-refractivity contribution in [2.45, 2.75) is 96.2 Å². The maximum Gasteiger partial charge on any atom is 0.326 e. The molecule has 1 saturated heterocycles. The van der Waals surface area contributed by atoms with E-state index in [4.69, 9.17) is 11.5 Å². The fourth-order valence-electron chi connectivity index (χ4n) is 7.84. The Morgan fingerprint density at radius 3 is 2.04 bits per heavy atom. The largest absolute Gasteiger partial charge is 0.346 e. The van der Waals surface area contributed by atoms with Crippen molar-refractivity contribution >= 4 is 34.4 Å². The maximum absolute atomic E-state index is 14.2. The summed E-state index contributed by atoms with van der Waals surface area (Å²) in [7, 11) is 0. The number of unbranched alkanes of at least 4 members (excludes halogenated alkanes) is 1. The highest BCUT2D eigenvalue weighted by Crippen LogP contribution is 2.28. The number of aromatic nitrogens is 2. The summed E-state index contributed by atoms with van der Waals surface area (Å²) >= 11 is 0. The molecule has 1 fully saturated rings. The summed E-state index contributed by atoms with van der Waals surface area (Å²) in [5.41, 5.74) is 15.5. The van der Waals surface area contributed by atoms with Gasteiger partial charge in [0.2, 0.25) is 11.8 Å². The number of hydrogen-bond acceptors (Lipinski definition) is 7. The number of nitrogens with zero attached hydrogens (tertiary/aromatic N) is 2. The molecule has 0 radical (unpaired) electrons. The summed E-state index contributed by atoms with van der Waals surface area (Å²) in [5.74, 6) is -2.06. The minimum absolute atomic E-state index is 0.00681. The molecule has 0 unspecified atom stereocenters. The second-order valence-corrected chi connectivity index (χ2v) is 15.6. The van der Waals surface area contributed by atoms with E-state index in [2.05, 4.69) is 10.3 Å². The van der Waals surface area contributed by atoms with Crippen LogP contribution >= 0.6 is 0 Å². The summed E-state index contributed by atoms with van der Waals surface area (Å²) in [4.78, 5) is 73.5. The smallest absolute Gasteiger partial charge is 0.326 e. The van der Waals surface area contributed by atoms with Gasteiger partial charge in [-0.15, -0.1) is 0 Å². The number of H-pyrrole nitrogens is 1. The molecule has 0 bridgehead atoms. The Kier molecular flexibility index (Phi) is 15.1. The Labute approximate surface area is 324 Å². The lowest BCUT2D eigenvalue weighted by Crippen LogP contribution is -2.48. The van der Waals surface area contributed by atoms with Crippen LogP contribution in [0.3, 0.4) is 0 Å². The number of ketones is 2. The lowest BCUT2D eigenvalue weighted by molar-refractivity contribution is -0.140. The first-order chi connectivity index (χ1) is 26.5. The first-order valence-electron chi connectivity index (χ1n) is 19.9. The molecule has 1 aliphatic heterocycles. The molecular formula is C44H58N6O5. The van der Waals surface area contributed by atoms with Crippen LogP contribution in [-0.4, -0.2) is 69.5 Å². The van der Waals surface area contributed by atoms with Crippen LogP contribution in [0.1, 0.15) is 82.4 Å². The normalized spacial score (nSPS) is 15.8. The molecule has 0 spiro atoms. The zero-order chi connectivity index (χ0) is 39.3. The summed E-state index contributed by atoms with van der Waals surface area (Å²) in [6.07, 6.45) is 4.22. The van der Waals surface area contributed by atoms with Crippen LogP contribution in [0.2, 0.25) is 0 Å². The van der Waals surface area contributed by atoms with Gasteiger partial charge in [0, 0.05) is 43.8 Å². The van der Waals surface area contributed by atoms with Crippen molar-refractivity contribution in [3.05, 3.63) is 107 Å². The number of imidazole rings is 1. The zero-order valence-corrected chi connectivity index (χ0v) is 32.3. The zero-order valence-electron chi connectivity index (χ0n) is 32.3. The first kappa shape index (κ1) is 41.3. The van der Waals surface area contributed by atoms with Crippen LogP contribution in [0.25, 0.3) is 11.0 Å². The van der Waals surface area contributed by atoms with Gasteiger partial charge < -0.3 is 26.7 Å². The van der Waals surface area contributed by atoms with E-state index in [1.807, 2.05) is 104 Å². The summed E-state index contributed by atoms with van der Waals surface area (Å²) in [6.45, 7) is 5.43. The van der Waals surface area contributed by atoms with E-state index in [1.54, 1.807) is 4.57 Å². The van der Waals surface area contributed by atoms with Crippen LogP contribution in [0.15, 0.2) is 89.7 Å². The molecule has 4 atom stereocenters. The van der Waals surface area contributed by atoms with Crippen LogP contribution < -0.4 is 22.5 Å². The number of piperidine rings is 1. The molecule has 2 amide bonds. The van der Waals surface area contributed by atoms with E-state index in [0.717, 1.165) is 28.6 Å². The van der Waals surface area contributed by atoms with Gasteiger partial charge >= 0.3 is 5.69 Å². The number of amides is 2. The quantitative estimate of drug-likeness (QED) is 0.0908. The molecule has 1 aromatic heterocycles. The molecule has 6 N–H and O–H groups in total. The molecule has 55 heavy (non-hydrogen) atoms. The molecule has 11 heteroatoms. The van der Waals surface area contributed by atoms with E-state index >= 15 is 0 Å². The monoisotopic (exact) mass is 750 g/mol. The molecule has 5 rings (SSSR count). The molecule has 0 saturated carbocycles. The number of nitrogens with one attached hydrogen (secondary N) is 2. The lowest BCUT2D eigenvalue weighted by atomic mass is 9.87. The molecular weight excluding hydrogens is 693 g/mol. The van der Waals surface area contributed by atoms with Crippen LogP contribution in [0.5, 0.6) is 0 Å². The number of Topliss-reactive ketones (excluding diaryl/α,β-unsaturated/α-hetero) is 2. The fourth-order valence-corrected chi connectivity index (χ4v) is 7.84. The van der Waals surface area contributed by atoms with Gasteiger partial charge in [-0.05, 0) is 80.7 Å². The minimum Gasteiger partial charge on any atom is -0.346 e. The van der Waals surface area contributed by atoms with Crippen molar-refractivity contribution in [1.82, 2.24) is 19.8 Å². The van der Waals surface area contributed by atoms with Gasteiger partial charge in [-0.2, -0.15) is 0 Å². The molecule has 294 valence electrons. The number of hydrogen-bond donors (Lipinski definition) is 4. The van der Waals surface area contributed by atoms with Gasteiger partial charge in [0.15, 0.2) is 11.6 Å². The van der Waals surface area contributed by atoms with Gasteiger partial charge in [0.25, 0.3) is 0 Å². The third-order valence-corrected chi connectivity index (χ3v) is 10.8. The second kappa shape index (κ2) is 20.2. The third-order valence-electron chi connectivity index (χ3n) is 10.8. The summed E-state index contributed by atoms with van der Waals surface area (Å²) in [5, 5.41) is 3.03. The standard InChI is InChI=1S/C44H58N6O5/c1-30(2)25-38(47-42(53)34(26-31-13-5-3-6-14-31)29-40(51)36(46)27-32-15-7-4-8-16-32)41(52)28-33(17-11-12-22-45)43(54)49-23-20-35(21-24-49)50-39-19-10-9-18-37(39)48-44(50)55/h3-10,13-16,18-19,30,33-36,38H,11-12,17,20-29,45-46H2,1-2H3,(H,47,53)(H,48,55)/t33-,34-,36+,38+/m0/s1. The number of carbonyl (C=O) groups excluding carboxylic acids is 4. The lowest BCUT2D eigenvalue weighted by Gasteiger charge is -2.35. The molecule has 0 aliphatic carbocycles. The van der Waals surface area contributed by atoms with E-state index in [-0.39, 0.29) is 53.9 Å². The van der Waals surface area contributed by atoms with Crippen molar-refractivity contribution in [2.24, 2.45) is 29.2 Å². The molecule has 4 aromatic rings. The van der Waals surface area contributed by atoms with E-state index in [1.165, 1.54) is 0 Å². The number of carbonyl (C=O) groups is 4. The molecule has 3 aromatic carbocycles. The number of fused-ring (bicyclic) bond motifs is 1. The van der Waals surface area contributed by atoms with Crippen molar-refractivity contribution in [3.63, 3.8) is 0 Å². The van der Waals surface area contributed by atoms with Gasteiger partial charge in [0.1, 0.15) is 0 Å². The maximum atomic E-state index is 14.2. The van der Waals surface area contributed by atoms with Crippen LogP contribution in [0, 0.1) is 17.8 Å². The number of likely N-dealkylation sites (tertiary alicyclic amines) is 1. The Balaban J connectivity index is 1.27. The Bertz CT molecular complexity index is 1910. The molecule has 11 nitrogen and oxygen atoms in total. The first-order valence-corrected chi connectivity index (χ1v) is 19.9. The van der Waals surface area contributed by atoms with E-state index < -0.39 is 23.9 Å². The van der Waals surface area contributed by atoms with Crippen molar-refractivity contribution < 1.29 is 19.2 Å². The van der Waals surface area contributed by atoms with Crippen molar-refractivity contribution in [3.8, 4) is 0 Å². The number of aromatic amines is 1. The number of rotatable bonds is 20. The second-order valence-electron chi connectivity index (χ2n) is 15.6. The highest BCUT2D eigenvalue weighted by molar-refractivity contribution is 5.95. The molecule has 1 aliphatic rings. The Morgan fingerprint density at radius 1 is 0.800 bits per heavy atom. The van der Waals surface area contributed by atoms with Crippen LogP contribution in [-0.2, 0) is 32.0 Å². The van der Waals surface area contributed by atoms with E-state index in [9.17, 15) is 24.0 Å². The molecule has 2 heterocycles. The third kappa shape index (κ3) is 11.6. The van der Waals surface area contributed by atoms with Crippen molar-refractivity contribution in [1.29, 1.82) is 0 Å². The predicted molar refractivity (Wildman–Crippen MR) is 216 cm³/mol. The van der Waals surface area contributed by atoms with Gasteiger partial charge in [-0.3, -0.25) is 23.7 Å². The minimum atomic E-state index is -0.817. The Morgan fingerprint density at radius 2 is 1.40 bits per heavy atom. The van der Waals surface area contributed by atoms with Crippen LogP contribution in [0.4, 0.5) is 0 Å². The topological polar surface area (TPSA) is 173 Å². The average Bonchev–Trinajstić information content (AvgIpc) is 3.52. The average molecular weight is 751 g/mol. The fraction of sp³-hybridized carbons (Fsp3) is 0.477. The number of benzene rings is 3. The summed E-state index contributed by atoms with van der Waals surface area (Å²) in [6, 6.07) is 25.1. The SMILES string of the molecule is CC(C)C[C@@H](NC(=O)[C@H](CC(=O)[C@H](N)Cc1ccccc1)Cc1ccccc1)C(=O)C[C@H](CCCCN)C(=O)N1CCC(n2c(=O)[nH]c3ccccc32)CC1. The summed E-state index contributed by atoms with van der Waals surface area (Å²) < 4.78 is 1.80. The van der Waals surface area contributed by atoms with Crippen molar-refractivity contribution in [2.75, 3.05) is 19.6 Å². The predicted octanol–water partition coefficient (Wildman–Crippen LogP) is 5.12. The number of para-hydroxylation sites is 2. The van der Waals surface area contributed by atoms with E-state index in [0.29, 0.717) is 64.6 Å². The highest BCUT2D eigenvalue weighted by atomic mass is 16.2. The van der Waals surface area contributed by atoms with Gasteiger partial charge in [-0.1, -0.05) is 93.1 Å².